The first-order valence-corrected chi connectivity index (χ1v) is 12.8. The summed E-state index contributed by atoms with van der Waals surface area (Å²) >= 11 is 0. The SMILES string of the molecule is CCCCC(CC(C(=O)OC(C)(C)C)C(=O)OC(C)(C)C)C(=O)ON1C(C)(C)CCCC1(C)C. The van der Waals surface area contributed by atoms with Gasteiger partial charge in [-0.25, -0.2) is 0 Å². The number of ether oxygens (including phenoxy) is 2. The lowest BCUT2D eigenvalue weighted by Gasteiger charge is -2.50. The van der Waals surface area contributed by atoms with Crippen molar-refractivity contribution in [1.29, 1.82) is 0 Å². The molecule has 0 aromatic heterocycles. The van der Waals surface area contributed by atoms with Crippen LogP contribution in [0.4, 0.5) is 0 Å². The Bertz CT molecular complexity index is 670. The number of hydrogen-bond acceptors (Lipinski definition) is 7. The molecule has 0 aliphatic carbocycles. The average Bonchev–Trinajstić information content (AvgIpc) is 2.61. The van der Waals surface area contributed by atoms with Crippen LogP contribution in [0.1, 0.15) is 121 Å². The quantitative estimate of drug-likeness (QED) is 0.294. The van der Waals surface area contributed by atoms with E-state index in [-0.39, 0.29) is 17.5 Å². The van der Waals surface area contributed by atoms with Crippen molar-refractivity contribution >= 4 is 17.9 Å². The molecule has 0 spiro atoms. The first-order valence-electron chi connectivity index (χ1n) is 12.8. The van der Waals surface area contributed by atoms with Gasteiger partial charge in [0, 0.05) is 0 Å². The number of piperidine rings is 1. The molecule has 1 unspecified atom stereocenters. The third-order valence-corrected chi connectivity index (χ3v) is 6.00. The van der Waals surface area contributed by atoms with Gasteiger partial charge in [-0.3, -0.25) is 14.4 Å². The first-order chi connectivity index (χ1) is 15.3. The zero-order valence-corrected chi connectivity index (χ0v) is 23.5. The van der Waals surface area contributed by atoms with E-state index < -0.39 is 40.9 Å². The maximum absolute atomic E-state index is 13.5. The van der Waals surface area contributed by atoms with Gasteiger partial charge < -0.3 is 14.3 Å². The van der Waals surface area contributed by atoms with E-state index in [1.54, 1.807) is 41.5 Å². The van der Waals surface area contributed by atoms with Gasteiger partial charge in [-0.1, -0.05) is 19.8 Å². The van der Waals surface area contributed by atoms with Crippen LogP contribution in [0.5, 0.6) is 0 Å². The maximum atomic E-state index is 13.5. The Morgan fingerprint density at radius 3 is 1.65 bits per heavy atom. The predicted molar refractivity (Wildman–Crippen MR) is 133 cm³/mol. The molecule has 0 aromatic carbocycles. The lowest BCUT2D eigenvalue weighted by atomic mass is 9.82. The maximum Gasteiger partial charge on any atom is 0.328 e. The molecule has 1 aliphatic rings. The second-order valence-corrected chi connectivity index (χ2v) is 12.9. The number of hydroxylamine groups is 2. The summed E-state index contributed by atoms with van der Waals surface area (Å²) in [6.07, 6.45) is 5.08. The fourth-order valence-electron chi connectivity index (χ4n) is 4.49. The molecule has 0 saturated carbocycles. The standard InChI is InChI=1S/C27H49NO6/c1-12-13-15-19(21(29)34-28-26(8,9)16-14-17-27(28,10)11)18-20(22(30)32-24(2,3)4)23(31)33-25(5,6)7/h19-20H,12-18H2,1-11H3. The molecule has 1 heterocycles. The van der Waals surface area contributed by atoms with E-state index in [9.17, 15) is 14.4 Å². The van der Waals surface area contributed by atoms with Crippen LogP contribution >= 0.6 is 0 Å². The van der Waals surface area contributed by atoms with Gasteiger partial charge in [-0.2, -0.15) is 0 Å². The van der Waals surface area contributed by atoms with E-state index in [2.05, 4.69) is 27.7 Å². The Hall–Kier alpha value is -1.63. The van der Waals surface area contributed by atoms with Crippen LogP contribution in [0.25, 0.3) is 0 Å². The molecular formula is C27H49NO6. The molecule has 198 valence electrons. The highest BCUT2D eigenvalue weighted by molar-refractivity contribution is 5.95. The van der Waals surface area contributed by atoms with Gasteiger partial charge in [0.25, 0.3) is 0 Å². The normalized spacial score (nSPS) is 19.4. The molecule has 1 rings (SSSR count). The smallest absolute Gasteiger partial charge is 0.328 e. The number of carbonyl (C=O) groups is 3. The Morgan fingerprint density at radius 2 is 1.26 bits per heavy atom. The fourth-order valence-corrected chi connectivity index (χ4v) is 4.49. The van der Waals surface area contributed by atoms with Gasteiger partial charge >= 0.3 is 17.9 Å². The van der Waals surface area contributed by atoms with Crippen LogP contribution in [0.15, 0.2) is 0 Å². The largest absolute Gasteiger partial charge is 0.459 e. The van der Waals surface area contributed by atoms with E-state index in [0.717, 1.165) is 32.1 Å². The third kappa shape index (κ3) is 9.55. The second kappa shape index (κ2) is 11.4. The third-order valence-electron chi connectivity index (χ3n) is 6.00. The summed E-state index contributed by atoms with van der Waals surface area (Å²) in [6, 6.07) is 0. The predicted octanol–water partition coefficient (Wildman–Crippen LogP) is 5.98. The van der Waals surface area contributed by atoms with E-state index >= 15 is 0 Å². The molecular weight excluding hydrogens is 434 g/mol. The summed E-state index contributed by atoms with van der Waals surface area (Å²) in [5.74, 6) is -3.58. The molecule has 0 bridgehead atoms. The van der Waals surface area contributed by atoms with Crippen molar-refractivity contribution in [3.05, 3.63) is 0 Å². The Morgan fingerprint density at radius 1 is 0.824 bits per heavy atom. The van der Waals surface area contributed by atoms with Gasteiger partial charge in [-0.05, 0) is 101 Å². The minimum absolute atomic E-state index is 0.00262. The molecule has 34 heavy (non-hydrogen) atoms. The minimum atomic E-state index is -1.20. The van der Waals surface area contributed by atoms with Crippen LogP contribution < -0.4 is 0 Å². The molecule has 7 heteroatoms. The van der Waals surface area contributed by atoms with Crippen LogP contribution in [0.2, 0.25) is 0 Å². The fraction of sp³-hybridized carbons (Fsp3) is 0.889. The lowest BCUT2D eigenvalue weighted by Crippen LogP contribution is -2.59. The average molecular weight is 484 g/mol. The minimum Gasteiger partial charge on any atom is -0.459 e. The number of esters is 2. The Kier molecular flexibility index (Phi) is 10.2. The van der Waals surface area contributed by atoms with Gasteiger partial charge in [0.1, 0.15) is 11.2 Å². The van der Waals surface area contributed by atoms with Crippen molar-refractivity contribution < 1.29 is 28.7 Å². The van der Waals surface area contributed by atoms with Gasteiger partial charge in [0.2, 0.25) is 0 Å². The number of hydrogen-bond donors (Lipinski definition) is 0. The molecule has 1 atom stereocenters. The zero-order chi connectivity index (χ0) is 26.5. The van der Waals surface area contributed by atoms with Gasteiger partial charge in [0.05, 0.1) is 17.0 Å². The number of unbranched alkanes of at least 4 members (excludes halogenated alkanes) is 1. The highest BCUT2D eigenvalue weighted by Crippen LogP contribution is 2.39. The molecule has 1 aliphatic heterocycles. The summed E-state index contributed by atoms with van der Waals surface area (Å²) < 4.78 is 11.1. The second-order valence-electron chi connectivity index (χ2n) is 12.9. The van der Waals surface area contributed by atoms with Crippen molar-refractivity contribution in [2.45, 2.75) is 143 Å². The highest BCUT2D eigenvalue weighted by atomic mass is 16.7. The number of nitrogens with zero attached hydrogens (tertiary/aromatic N) is 1. The molecule has 0 aromatic rings. The summed E-state index contributed by atoms with van der Waals surface area (Å²) in [7, 11) is 0. The van der Waals surface area contributed by atoms with Crippen molar-refractivity contribution in [3.63, 3.8) is 0 Å². The Labute approximate surface area is 207 Å². The van der Waals surface area contributed by atoms with Gasteiger partial charge in [-0.15, -0.1) is 5.06 Å². The summed E-state index contributed by atoms with van der Waals surface area (Å²) in [5, 5.41) is 1.82. The topological polar surface area (TPSA) is 82.1 Å². The van der Waals surface area contributed by atoms with E-state index in [1.807, 2.05) is 12.0 Å². The molecule has 1 fully saturated rings. The summed E-state index contributed by atoms with van der Waals surface area (Å²) in [6.45, 7) is 20.8. The number of carbonyl (C=O) groups excluding carboxylic acids is 3. The molecule has 1 saturated heterocycles. The summed E-state index contributed by atoms with van der Waals surface area (Å²) in [5.41, 5.74) is -2.14. The van der Waals surface area contributed by atoms with Crippen molar-refractivity contribution in [3.8, 4) is 0 Å². The lowest BCUT2D eigenvalue weighted by molar-refractivity contribution is -0.269. The van der Waals surface area contributed by atoms with E-state index in [0.29, 0.717) is 6.42 Å². The zero-order valence-electron chi connectivity index (χ0n) is 23.5. The van der Waals surface area contributed by atoms with Crippen LogP contribution in [-0.2, 0) is 28.7 Å². The molecule has 0 radical (unpaired) electrons. The molecule has 0 amide bonds. The van der Waals surface area contributed by atoms with Crippen molar-refractivity contribution in [1.82, 2.24) is 5.06 Å². The first kappa shape index (κ1) is 30.4. The molecule has 0 N–H and O–H groups in total. The van der Waals surface area contributed by atoms with Crippen LogP contribution in [0.3, 0.4) is 0 Å². The van der Waals surface area contributed by atoms with Crippen molar-refractivity contribution in [2.24, 2.45) is 11.8 Å². The van der Waals surface area contributed by atoms with Crippen LogP contribution in [-0.4, -0.2) is 45.3 Å². The van der Waals surface area contributed by atoms with E-state index in [1.165, 1.54) is 0 Å². The molecule has 7 nitrogen and oxygen atoms in total. The number of rotatable bonds is 9. The van der Waals surface area contributed by atoms with Gasteiger partial charge in [0.15, 0.2) is 5.92 Å². The monoisotopic (exact) mass is 483 g/mol. The Balaban J connectivity index is 3.21. The highest BCUT2D eigenvalue weighted by Gasteiger charge is 2.46. The van der Waals surface area contributed by atoms with E-state index in [4.69, 9.17) is 14.3 Å². The van der Waals surface area contributed by atoms with Crippen molar-refractivity contribution in [2.75, 3.05) is 0 Å². The van der Waals surface area contributed by atoms with Crippen LogP contribution in [0, 0.1) is 11.8 Å². The summed E-state index contributed by atoms with van der Waals surface area (Å²) in [4.78, 5) is 45.6.